The zero-order valence-corrected chi connectivity index (χ0v) is 13.0. The molecule has 2 rings (SSSR count). The van der Waals surface area contributed by atoms with Crippen LogP contribution in [0.25, 0.3) is 0 Å². The van der Waals surface area contributed by atoms with Crippen LogP contribution in [0.5, 0.6) is 0 Å². The molecule has 0 fully saturated rings. The van der Waals surface area contributed by atoms with E-state index >= 15 is 0 Å². The standard InChI is InChI=1S/C15H21ClN4/c1-4-8-17-14(15-12(16)10-19-20(15)3)13-11(5-2)7-6-9-18-13/h6-7,9-10,14,17H,4-5,8H2,1-3H3. The molecule has 2 aromatic rings. The second-order valence-corrected chi connectivity index (χ2v) is 5.20. The van der Waals surface area contributed by atoms with Crippen molar-refractivity contribution in [1.29, 1.82) is 0 Å². The van der Waals surface area contributed by atoms with Crippen molar-refractivity contribution in [2.24, 2.45) is 7.05 Å². The number of nitrogens with zero attached hydrogens (tertiary/aromatic N) is 3. The van der Waals surface area contributed by atoms with E-state index in [0.717, 1.165) is 30.8 Å². The molecular formula is C15H21ClN4. The van der Waals surface area contributed by atoms with Gasteiger partial charge >= 0.3 is 0 Å². The Hall–Kier alpha value is -1.39. The van der Waals surface area contributed by atoms with Crippen molar-refractivity contribution >= 4 is 11.6 Å². The van der Waals surface area contributed by atoms with Crippen molar-refractivity contribution in [3.8, 4) is 0 Å². The maximum absolute atomic E-state index is 6.31. The molecule has 4 nitrogen and oxygen atoms in total. The van der Waals surface area contributed by atoms with E-state index < -0.39 is 0 Å². The SMILES string of the molecule is CCCNC(c1ncccc1CC)c1c(Cl)cnn1C. The molecule has 2 heterocycles. The molecule has 0 spiro atoms. The van der Waals surface area contributed by atoms with Gasteiger partial charge in [0.25, 0.3) is 0 Å². The largest absolute Gasteiger partial charge is 0.304 e. The van der Waals surface area contributed by atoms with Crippen LogP contribution in [-0.2, 0) is 13.5 Å². The van der Waals surface area contributed by atoms with Crippen molar-refractivity contribution < 1.29 is 0 Å². The molecule has 0 bridgehead atoms. The fraction of sp³-hybridized carbons (Fsp3) is 0.467. The first kappa shape index (κ1) is 15.0. The lowest BCUT2D eigenvalue weighted by atomic mass is 10.0. The summed E-state index contributed by atoms with van der Waals surface area (Å²) in [5.74, 6) is 0. The zero-order chi connectivity index (χ0) is 14.5. The van der Waals surface area contributed by atoms with Crippen LogP contribution in [0.15, 0.2) is 24.5 Å². The van der Waals surface area contributed by atoms with Crippen molar-refractivity contribution in [3.05, 3.63) is 46.5 Å². The normalized spacial score (nSPS) is 12.6. The molecule has 0 aliphatic rings. The van der Waals surface area contributed by atoms with Crippen LogP contribution in [0.4, 0.5) is 0 Å². The van der Waals surface area contributed by atoms with Gasteiger partial charge in [-0.15, -0.1) is 0 Å². The molecule has 0 aliphatic heterocycles. The predicted molar refractivity (Wildman–Crippen MR) is 82.0 cm³/mol. The molecule has 1 atom stereocenters. The quantitative estimate of drug-likeness (QED) is 0.889. The van der Waals surface area contributed by atoms with Gasteiger partial charge in [-0.1, -0.05) is 31.5 Å². The number of aromatic nitrogens is 3. The molecule has 0 amide bonds. The second kappa shape index (κ2) is 6.86. The Morgan fingerprint density at radius 3 is 2.80 bits per heavy atom. The number of pyridine rings is 1. The molecule has 0 saturated carbocycles. The predicted octanol–water partition coefficient (Wildman–Crippen LogP) is 3.12. The Kier molecular flexibility index (Phi) is 5.15. The third-order valence-corrected chi connectivity index (χ3v) is 3.68. The average Bonchev–Trinajstić information content (AvgIpc) is 2.80. The third kappa shape index (κ3) is 3.02. The number of hydrogen-bond donors (Lipinski definition) is 1. The summed E-state index contributed by atoms with van der Waals surface area (Å²) in [5, 5.41) is 8.45. The van der Waals surface area contributed by atoms with Crippen LogP contribution in [0.3, 0.4) is 0 Å². The van der Waals surface area contributed by atoms with E-state index in [4.69, 9.17) is 11.6 Å². The summed E-state index contributed by atoms with van der Waals surface area (Å²) in [5.41, 5.74) is 3.24. The van der Waals surface area contributed by atoms with Crippen molar-refractivity contribution in [2.75, 3.05) is 6.54 Å². The van der Waals surface area contributed by atoms with Gasteiger partial charge in [-0.25, -0.2) is 0 Å². The molecular weight excluding hydrogens is 272 g/mol. The highest BCUT2D eigenvalue weighted by Crippen LogP contribution is 2.28. The van der Waals surface area contributed by atoms with Crippen LogP contribution < -0.4 is 5.32 Å². The summed E-state index contributed by atoms with van der Waals surface area (Å²) in [6.07, 6.45) is 5.52. The smallest absolute Gasteiger partial charge is 0.0939 e. The molecule has 1 unspecified atom stereocenters. The highest BCUT2D eigenvalue weighted by Gasteiger charge is 2.23. The summed E-state index contributed by atoms with van der Waals surface area (Å²) >= 11 is 6.31. The summed E-state index contributed by atoms with van der Waals surface area (Å²) < 4.78 is 1.82. The highest BCUT2D eigenvalue weighted by atomic mass is 35.5. The van der Waals surface area contributed by atoms with E-state index in [2.05, 4.69) is 35.3 Å². The van der Waals surface area contributed by atoms with E-state index in [1.807, 2.05) is 24.0 Å². The zero-order valence-electron chi connectivity index (χ0n) is 12.2. The molecule has 5 heteroatoms. The Balaban J connectivity index is 2.47. The minimum absolute atomic E-state index is 0.0221. The van der Waals surface area contributed by atoms with Crippen LogP contribution >= 0.6 is 11.6 Å². The number of hydrogen-bond acceptors (Lipinski definition) is 3. The number of nitrogens with one attached hydrogen (secondary N) is 1. The fourth-order valence-electron chi connectivity index (χ4n) is 2.37. The Labute approximate surface area is 125 Å². The van der Waals surface area contributed by atoms with Gasteiger partial charge in [-0.05, 0) is 31.0 Å². The average molecular weight is 293 g/mol. The van der Waals surface area contributed by atoms with Gasteiger partial charge in [-0.2, -0.15) is 5.10 Å². The summed E-state index contributed by atoms with van der Waals surface area (Å²) in [6.45, 7) is 5.20. The summed E-state index contributed by atoms with van der Waals surface area (Å²) in [4.78, 5) is 4.58. The molecule has 0 aliphatic carbocycles. The van der Waals surface area contributed by atoms with Gasteiger partial charge in [-0.3, -0.25) is 9.67 Å². The van der Waals surface area contributed by atoms with E-state index in [9.17, 15) is 0 Å². The Morgan fingerprint density at radius 2 is 2.20 bits per heavy atom. The molecule has 0 saturated heterocycles. The van der Waals surface area contributed by atoms with Crippen LogP contribution in [0.2, 0.25) is 5.02 Å². The first-order valence-corrected chi connectivity index (χ1v) is 7.41. The monoisotopic (exact) mass is 292 g/mol. The van der Waals surface area contributed by atoms with Gasteiger partial charge in [0, 0.05) is 13.2 Å². The lowest BCUT2D eigenvalue weighted by molar-refractivity contribution is 0.540. The lowest BCUT2D eigenvalue weighted by Crippen LogP contribution is -2.27. The van der Waals surface area contributed by atoms with Crippen molar-refractivity contribution in [1.82, 2.24) is 20.1 Å². The molecule has 1 N–H and O–H groups in total. The van der Waals surface area contributed by atoms with Gasteiger partial charge in [0.15, 0.2) is 0 Å². The fourth-order valence-corrected chi connectivity index (χ4v) is 2.64. The molecule has 108 valence electrons. The topological polar surface area (TPSA) is 42.7 Å². The number of rotatable bonds is 6. The van der Waals surface area contributed by atoms with E-state index in [1.54, 1.807) is 6.20 Å². The van der Waals surface area contributed by atoms with E-state index in [0.29, 0.717) is 5.02 Å². The van der Waals surface area contributed by atoms with Gasteiger partial charge in [0.1, 0.15) is 0 Å². The third-order valence-electron chi connectivity index (χ3n) is 3.39. The second-order valence-electron chi connectivity index (χ2n) is 4.79. The Bertz CT molecular complexity index is 545. The van der Waals surface area contributed by atoms with Crippen molar-refractivity contribution in [3.63, 3.8) is 0 Å². The molecule has 2 aromatic heterocycles. The molecule has 0 aromatic carbocycles. The highest BCUT2D eigenvalue weighted by molar-refractivity contribution is 6.31. The van der Waals surface area contributed by atoms with Gasteiger partial charge in [0.05, 0.1) is 28.6 Å². The van der Waals surface area contributed by atoms with E-state index in [1.165, 1.54) is 5.56 Å². The lowest BCUT2D eigenvalue weighted by Gasteiger charge is -2.21. The molecule has 0 radical (unpaired) electrons. The number of aryl methyl sites for hydroxylation is 2. The first-order chi connectivity index (χ1) is 9.69. The van der Waals surface area contributed by atoms with Crippen LogP contribution in [0, 0.1) is 0 Å². The van der Waals surface area contributed by atoms with Gasteiger partial charge in [0.2, 0.25) is 0 Å². The van der Waals surface area contributed by atoms with Crippen molar-refractivity contribution in [2.45, 2.75) is 32.7 Å². The van der Waals surface area contributed by atoms with Crippen LogP contribution in [0.1, 0.15) is 43.3 Å². The number of halogens is 1. The summed E-state index contributed by atoms with van der Waals surface area (Å²) in [7, 11) is 1.91. The summed E-state index contributed by atoms with van der Waals surface area (Å²) in [6, 6.07) is 4.07. The first-order valence-electron chi connectivity index (χ1n) is 7.03. The van der Waals surface area contributed by atoms with Crippen LogP contribution in [-0.4, -0.2) is 21.3 Å². The van der Waals surface area contributed by atoms with E-state index in [-0.39, 0.29) is 6.04 Å². The maximum Gasteiger partial charge on any atom is 0.0939 e. The minimum atomic E-state index is -0.0221. The Morgan fingerprint density at radius 1 is 1.40 bits per heavy atom. The maximum atomic E-state index is 6.31. The van der Waals surface area contributed by atoms with Gasteiger partial charge < -0.3 is 5.32 Å². The minimum Gasteiger partial charge on any atom is -0.304 e. The molecule has 20 heavy (non-hydrogen) atoms.